The van der Waals surface area contributed by atoms with Crippen LogP contribution in [0, 0.1) is 5.82 Å². The molecule has 0 atom stereocenters. The van der Waals surface area contributed by atoms with E-state index >= 15 is 0 Å². The highest BCUT2D eigenvalue weighted by atomic mass is 19.4. The topological polar surface area (TPSA) is 83.1 Å². The fraction of sp³-hybridized carbons (Fsp3) is 0.240. The lowest BCUT2D eigenvalue weighted by atomic mass is 10.1. The number of ether oxygens (including phenoxy) is 1. The summed E-state index contributed by atoms with van der Waals surface area (Å²) in [5, 5.41) is 2.70. The number of fused-ring (bicyclic) bond motifs is 1. The Hall–Kier alpha value is -3.83. The van der Waals surface area contributed by atoms with Crippen molar-refractivity contribution in [3.8, 4) is 11.4 Å². The zero-order chi connectivity index (χ0) is 25.3. The number of halogens is 4. The minimum Gasteiger partial charge on any atom is -0.379 e. The Bertz CT molecular complexity index is 1400. The number of nitrogens with one attached hydrogen (secondary N) is 2. The molecule has 186 valence electrons. The number of hydrogen-bond donors (Lipinski definition) is 2. The molecule has 1 amide bonds. The van der Waals surface area contributed by atoms with Crippen LogP contribution in [0.25, 0.3) is 22.4 Å². The second-order valence-electron chi connectivity index (χ2n) is 8.37. The number of amides is 1. The van der Waals surface area contributed by atoms with Crippen LogP contribution in [0.15, 0.2) is 54.7 Å². The Labute approximate surface area is 203 Å². The van der Waals surface area contributed by atoms with Crippen LogP contribution < -0.4 is 5.32 Å². The van der Waals surface area contributed by atoms with Gasteiger partial charge in [-0.05, 0) is 42.0 Å². The van der Waals surface area contributed by atoms with Crippen molar-refractivity contribution in [1.82, 2.24) is 19.9 Å². The van der Waals surface area contributed by atoms with E-state index in [9.17, 15) is 22.4 Å². The minimum atomic E-state index is -4.71. The van der Waals surface area contributed by atoms with Crippen molar-refractivity contribution in [2.24, 2.45) is 0 Å². The number of carbonyl (C=O) groups excluding carboxylic acids is 1. The van der Waals surface area contributed by atoms with E-state index in [0.29, 0.717) is 30.6 Å². The highest BCUT2D eigenvalue weighted by Crippen LogP contribution is 2.37. The van der Waals surface area contributed by atoms with Crippen LogP contribution in [0.4, 0.5) is 23.4 Å². The first-order chi connectivity index (χ1) is 17.3. The third-order valence-corrected chi connectivity index (χ3v) is 5.88. The number of imidazole rings is 1. The van der Waals surface area contributed by atoms with Crippen molar-refractivity contribution in [3.63, 3.8) is 0 Å². The number of pyridine rings is 1. The van der Waals surface area contributed by atoms with Crippen molar-refractivity contribution >= 4 is 22.8 Å². The smallest absolute Gasteiger partial charge is 0.379 e. The molecule has 3 heterocycles. The summed E-state index contributed by atoms with van der Waals surface area (Å²) in [6.07, 6.45) is -3.03. The van der Waals surface area contributed by atoms with E-state index in [2.05, 4.69) is 25.2 Å². The van der Waals surface area contributed by atoms with E-state index in [0.717, 1.165) is 37.3 Å². The molecule has 1 fully saturated rings. The van der Waals surface area contributed by atoms with Crippen molar-refractivity contribution in [3.05, 3.63) is 77.2 Å². The van der Waals surface area contributed by atoms with Crippen LogP contribution in [-0.2, 0) is 17.5 Å². The normalized spacial score (nSPS) is 14.8. The summed E-state index contributed by atoms with van der Waals surface area (Å²) in [5.74, 6) is -1.23. The molecule has 11 heteroatoms. The average molecular weight is 499 g/mol. The number of nitrogens with zero attached hydrogens (tertiary/aromatic N) is 3. The summed E-state index contributed by atoms with van der Waals surface area (Å²) in [6, 6.07) is 10.4. The first kappa shape index (κ1) is 23.9. The maximum absolute atomic E-state index is 13.8. The number of benzene rings is 2. The van der Waals surface area contributed by atoms with Gasteiger partial charge >= 0.3 is 6.18 Å². The lowest BCUT2D eigenvalue weighted by Gasteiger charge is -2.26. The van der Waals surface area contributed by atoms with Gasteiger partial charge in [-0.1, -0.05) is 12.1 Å². The van der Waals surface area contributed by atoms with Gasteiger partial charge in [-0.15, -0.1) is 0 Å². The SMILES string of the molecule is O=C(Nc1ccc(CN2CCOCC2)cn1)c1cccc2[nH]c(-c3cc(F)ccc3C(F)(F)F)nc12. The summed E-state index contributed by atoms with van der Waals surface area (Å²) >= 11 is 0. The molecule has 1 aliphatic heterocycles. The number of alkyl halides is 3. The highest BCUT2D eigenvalue weighted by Gasteiger charge is 2.34. The molecule has 2 N–H and O–H groups in total. The molecule has 1 aliphatic rings. The molecular weight excluding hydrogens is 478 g/mol. The predicted octanol–water partition coefficient (Wildman–Crippen LogP) is 4.87. The van der Waals surface area contributed by atoms with Gasteiger partial charge in [0, 0.05) is 31.4 Å². The van der Waals surface area contributed by atoms with Gasteiger partial charge in [0.25, 0.3) is 5.91 Å². The number of hydrogen-bond acceptors (Lipinski definition) is 5. The third kappa shape index (κ3) is 5.07. The van der Waals surface area contributed by atoms with Gasteiger partial charge in [0.15, 0.2) is 0 Å². The number of carbonyl (C=O) groups is 1. The van der Waals surface area contributed by atoms with Gasteiger partial charge in [-0.3, -0.25) is 9.69 Å². The number of para-hydroxylation sites is 1. The van der Waals surface area contributed by atoms with Crippen LogP contribution in [-0.4, -0.2) is 52.1 Å². The number of anilines is 1. The molecular formula is C25H21F4N5O2. The molecule has 5 rings (SSSR count). The molecule has 1 saturated heterocycles. The molecule has 0 saturated carbocycles. The largest absolute Gasteiger partial charge is 0.417 e. The minimum absolute atomic E-state index is 0.138. The molecule has 7 nitrogen and oxygen atoms in total. The summed E-state index contributed by atoms with van der Waals surface area (Å²) < 4.78 is 59.6. The van der Waals surface area contributed by atoms with Crippen LogP contribution >= 0.6 is 0 Å². The Kier molecular flexibility index (Phi) is 6.42. The summed E-state index contributed by atoms with van der Waals surface area (Å²) in [5.41, 5.74) is 0.150. The maximum atomic E-state index is 13.8. The number of aromatic amines is 1. The Morgan fingerprint density at radius 1 is 1.11 bits per heavy atom. The lowest BCUT2D eigenvalue weighted by molar-refractivity contribution is -0.137. The molecule has 2 aromatic heterocycles. The highest BCUT2D eigenvalue weighted by molar-refractivity contribution is 6.11. The van der Waals surface area contributed by atoms with Crippen molar-refractivity contribution in [2.45, 2.75) is 12.7 Å². The summed E-state index contributed by atoms with van der Waals surface area (Å²) in [7, 11) is 0. The van der Waals surface area contributed by atoms with E-state index < -0.39 is 29.0 Å². The van der Waals surface area contributed by atoms with Crippen LogP contribution in [0.3, 0.4) is 0 Å². The predicted molar refractivity (Wildman–Crippen MR) is 125 cm³/mol. The second-order valence-corrected chi connectivity index (χ2v) is 8.37. The van der Waals surface area contributed by atoms with Crippen LogP contribution in [0.1, 0.15) is 21.5 Å². The monoisotopic (exact) mass is 499 g/mol. The Morgan fingerprint density at radius 2 is 1.92 bits per heavy atom. The Morgan fingerprint density at radius 3 is 2.64 bits per heavy atom. The zero-order valence-electron chi connectivity index (χ0n) is 18.9. The van der Waals surface area contributed by atoms with Gasteiger partial charge in [-0.2, -0.15) is 13.2 Å². The molecule has 0 radical (unpaired) electrons. The van der Waals surface area contributed by atoms with Gasteiger partial charge in [0.2, 0.25) is 0 Å². The number of H-pyrrole nitrogens is 1. The van der Waals surface area contributed by atoms with Crippen LogP contribution in [0.2, 0.25) is 0 Å². The van der Waals surface area contributed by atoms with Crippen LogP contribution in [0.5, 0.6) is 0 Å². The quantitative estimate of drug-likeness (QED) is 0.383. The van der Waals surface area contributed by atoms with E-state index in [4.69, 9.17) is 4.74 Å². The average Bonchev–Trinajstić information content (AvgIpc) is 3.29. The summed E-state index contributed by atoms with van der Waals surface area (Å²) in [6.45, 7) is 3.79. The number of morpholine rings is 1. The lowest BCUT2D eigenvalue weighted by Crippen LogP contribution is -2.35. The molecule has 0 bridgehead atoms. The first-order valence-corrected chi connectivity index (χ1v) is 11.2. The second kappa shape index (κ2) is 9.67. The fourth-order valence-corrected chi connectivity index (χ4v) is 4.10. The molecule has 4 aromatic rings. The van der Waals surface area contributed by atoms with Gasteiger partial charge in [-0.25, -0.2) is 14.4 Å². The van der Waals surface area contributed by atoms with Gasteiger partial charge in [0.05, 0.1) is 29.9 Å². The van der Waals surface area contributed by atoms with E-state index in [1.54, 1.807) is 24.4 Å². The molecule has 36 heavy (non-hydrogen) atoms. The van der Waals surface area contributed by atoms with E-state index in [1.165, 1.54) is 6.07 Å². The van der Waals surface area contributed by atoms with Gasteiger partial charge in [0.1, 0.15) is 23.0 Å². The standard InChI is InChI=1S/C25H21F4N5O2/c26-16-5-6-19(25(27,28)29)18(12-16)23-31-20-3-1-2-17(22(20)33-23)24(35)32-21-7-4-15(13-30-21)14-34-8-10-36-11-9-34/h1-7,12-13H,8-11,14H2,(H,31,33)(H,30,32,35). The molecule has 0 aliphatic carbocycles. The number of aromatic nitrogens is 3. The van der Waals surface area contributed by atoms with E-state index in [-0.39, 0.29) is 16.9 Å². The molecule has 0 spiro atoms. The Balaban J connectivity index is 1.39. The molecule has 2 aromatic carbocycles. The van der Waals surface area contributed by atoms with E-state index in [1.807, 2.05) is 6.07 Å². The van der Waals surface area contributed by atoms with Crippen molar-refractivity contribution < 1.29 is 27.1 Å². The van der Waals surface area contributed by atoms with Crippen molar-refractivity contribution in [1.29, 1.82) is 0 Å². The molecule has 0 unspecified atom stereocenters. The first-order valence-electron chi connectivity index (χ1n) is 11.2. The zero-order valence-corrected chi connectivity index (χ0v) is 18.9. The fourth-order valence-electron chi connectivity index (χ4n) is 4.10. The van der Waals surface area contributed by atoms with Gasteiger partial charge < -0.3 is 15.0 Å². The third-order valence-electron chi connectivity index (χ3n) is 5.88. The summed E-state index contributed by atoms with van der Waals surface area (Å²) in [4.78, 5) is 26.5. The van der Waals surface area contributed by atoms with Crippen molar-refractivity contribution in [2.75, 3.05) is 31.6 Å². The number of rotatable bonds is 5. The maximum Gasteiger partial charge on any atom is 0.417 e.